The quantitative estimate of drug-likeness (QED) is 0.873. The molecule has 1 N–H and O–H groups in total. The van der Waals surface area contributed by atoms with E-state index < -0.39 is 5.97 Å². The van der Waals surface area contributed by atoms with E-state index in [1.54, 1.807) is 6.07 Å². The molecule has 0 saturated carbocycles. The number of aryl methyl sites for hydroxylation is 1. The molecule has 1 aliphatic rings. The summed E-state index contributed by atoms with van der Waals surface area (Å²) in [6.45, 7) is 6.57. The van der Waals surface area contributed by atoms with E-state index in [0.717, 1.165) is 24.2 Å². The van der Waals surface area contributed by atoms with Gasteiger partial charge in [0.25, 0.3) is 0 Å². The van der Waals surface area contributed by atoms with Crippen molar-refractivity contribution in [3.05, 3.63) is 45.3 Å². The van der Waals surface area contributed by atoms with Crippen molar-refractivity contribution in [3.8, 4) is 0 Å². The molecule has 1 aromatic heterocycles. The van der Waals surface area contributed by atoms with Gasteiger partial charge in [-0.2, -0.15) is 0 Å². The number of aromatic carboxylic acids is 1. The van der Waals surface area contributed by atoms with Crippen LogP contribution in [0.1, 0.15) is 48.9 Å². The Bertz CT molecular complexity index is 808. The molecule has 2 aromatic rings. The fraction of sp³-hybridized carbons (Fsp3) is 0.444. The minimum Gasteiger partial charge on any atom is -0.478 e. The zero-order chi connectivity index (χ0) is 16.1. The van der Waals surface area contributed by atoms with Crippen LogP contribution in [0, 0.1) is 11.3 Å². The SMILES string of the molecule is CC(C)(C)C1CCc2oc3ccc(C(=O)O)cc3c(=O)c2C1. The molecule has 1 aromatic carbocycles. The molecule has 1 aliphatic carbocycles. The van der Waals surface area contributed by atoms with Gasteiger partial charge in [0, 0.05) is 12.0 Å². The van der Waals surface area contributed by atoms with Crippen molar-refractivity contribution in [1.82, 2.24) is 0 Å². The largest absolute Gasteiger partial charge is 0.478 e. The minimum atomic E-state index is -1.04. The van der Waals surface area contributed by atoms with Gasteiger partial charge in [-0.15, -0.1) is 0 Å². The average Bonchev–Trinajstić information content (AvgIpc) is 2.45. The molecule has 0 aliphatic heterocycles. The third kappa shape index (κ3) is 2.43. The summed E-state index contributed by atoms with van der Waals surface area (Å²) in [4.78, 5) is 23.9. The Morgan fingerprint density at radius 1 is 1.32 bits per heavy atom. The fourth-order valence-corrected chi connectivity index (χ4v) is 3.21. The van der Waals surface area contributed by atoms with Crippen molar-refractivity contribution in [2.45, 2.75) is 40.0 Å². The topological polar surface area (TPSA) is 67.5 Å². The van der Waals surface area contributed by atoms with Gasteiger partial charge in [-0.3, -0.25) is 4.79 Å². The molecule has 4 nitrogen and oxygen atoms in total. The number of carboxylic acids is 1. The van der Waals surface area contributed by atoms with Crippen LogP contribution in [0.15, 0.2) is 27.4 Å². The molecule has 0 spiro atoms. The Morgan fingerprint density at radius 3 is 2.68 bits per heavy atom. The number of benzene rings is 1. The van der Waals surface area contributed by atoms with Crippen molar-refractivity contribution in [3.63, 3.8) is 0 Å². The lowest BCUT2D eigenvalue weighted by Gasteiger charge is -2.34. The van der Waals surface area contributed by atoms with Crippen LogP contribution >= 0.6 is 0 Å². The van der Waals surface area contributed by atoms with Gasteiger partial charge in [0.15, 0.2) is 5.43 Å². The van der Waals surface area contributed by atoms with Crippen LogP contribution < -0.4 is 5.43 Å². The summed E-state index contributed by atoms with van der Waals surface area (Å²) < 4.78 is 5.87. The second-order valence-electron chi connectivity index (χ2n) is 7.15. The third-order valence-corrected chi connectivity index (χ3v) is 4.71. The van der Waals surface area contributed by atoms with Gasteiger partial charge in [-0.05, 0) is 42.4 Å². The van der Waals surface area contributed by atoms with Crippen LogP contribution in [0.3, 0.4) is 0 Å². The molecule has 22 heavy (non-hydrogen) atoms. The van der Waals surface area contributed by atoms with E-state index in [9.17, 15) is 9.59 Å². The Hall–Kier alpha value is -2.10. The van der Waals surface area contributed by atoms with Gasteiger partial charge >= 0.3 is 5.97 Å². The first kappa shape index (κ1) is 14.8. The van der Waals surface area contributed by atoms with E-state index in [0.29, 0.717) is 23.3 Å². The number of hydrogen-bond acceptors (Lipinski definition) is 3. The highest BCUT2D eigenvalue weighted by molar-refractivity contribution is 5.92. The normalized spacial score (nSPS) is 18.2. The van der Waals surface area contributed by atoms with Crippen LogP contribution in [-0.2, 0) is 12.8 Å². The summed E-state index contributed by atoms with van der Waals surface area (Å²) in [7, 11) is 0. The highest BCUT2D eigenvalue weighted by Crippen LogP contribution is 2.37. The van der Waals surface area contributed by atoms with Gasteiger partial charge in [0.1, 0.15) is 11.3 Å². The first-order valence-electron chi connectivity index (χ1n) is 7.59. The maximum Gasteiger partial charge on any atom is 0.335 e. The van der Waals surface area contributed by atoms with E-state index in [1.807, 2.05) is 0 Å². The lowest BCUT2D eigenvalue weighted by atomic mass is 9.71. The number of carbonyl (C=O) groups is 1. The second-order valence-corrected chi connectivity index (χ2v) is 7.15. The Balaban J connectivity index is 2.16. The summed E-state index contributed by atoms with van der Waals surface area (Å²) in [6, 6.07) is 4.47. The van der Waals surface area contributed by atoms with Gasteiger partial charge in [0.2, 0.25) is 0 Å². The van der Waals surface area contributed by atoms with Crippen LogP contribution in [-0.4, -0.2) is 11.1 Å². The minimum absolute atomic E-state index is 0.0756. The fourth-order valence-electron chi connectivity index (χ4n) is 3.21. The zero-order valence-electron chi connectivity index (χ0n) is 13.1. The summed E-state index contributed by atoms with van der Waals surface area (Å²) in [5.74, 6) is 0.163. The van der Waals surface area contributed by atoms with Gasteiger partial charge in [-0.1, -0.05) is 20.8 Å². The monoisotopic (exact) mass is 300 g/mol. The molecule has 0 amide bonds. The Kier molecular flexibility index (Phi) is 3.35. The molecule has 4 heteroatoms. The maximum atomic E-state index is 12.8. The Labute approximate surface area is 128 Å². The summed E-state index contributed by atoms with van der Waals surface area (Å²) in [5.41, 5.74) is 1.38. The lowest BCUT2D eigenvalue weighted by Crippen LogP contribution is -2.30. The zero-order valence-corrected chi connectivity index (χ0v) is 13.1. The van der Waals surface area contributed by atoms with Crippen molar-refractivity contribution >= 4 is 16.9 Å². The van der Waals surface area contributed by atoms with E-state index >= 15 is 0 Å². The Morgan fingerprint density at radius 2 is 2.05 bits per heavy atom. The highest BCUT2D eigenvalue weighted by atomic mass is 16.4. The highest BCUT2D eigenvalue weighted by Gasteiger charge is 2.31. The number of rotatable bonds is 1. The predicted molar refractivity (Wildman–Crippen MR) is 84.4 cm³/mol. The van der Waals surface area contributed by atoms with E-state index in [1.165, 1.54) is 12.1 Å². The van der Waals surface area contributed by atoms with Crippen LogP contribution in [0.2, 0.25) is 0 Å². The van der Waals surface area contributed by atoms with Gasteiger partial charge in [-0.25, -0.2) is 4.79 Å². The molecule has 0 radical (unpaired) electrons. The summed E-state index contributed by atoms with van der Waals surface area (Å²) in [6.07, 6.45) is 2.48. The van der Waals surface area contributed by atoms with E-state index in [4.69, 9.17) is 9.52 Å². The van der Waals surface area contributed by atoms with Crippen molar-refractivity contribution in [2.24, 2.45) is 11.3 Å². The molecule has 0 fully saturated rings. The van der Waals surface area contributed by atoms with Crippen molar-refractivity contribution < 1.29 is 14.3 Å². The van der Waals surface area contributed by atoms with Crippen LogP contribution in [0.5, 0.6) is 0 Å². The third-order valence-electron chi connectivity index (χ3n) is 4.71. The van der Waals surface area contributed by atoms with E-state index in [-0.39, 0.29) is 16.4 Å². The number of hydrogen-bond donors (Lipinski definition) is 1. The standard InChI is InChI=1S/C18H20O4/c1-18(2,3)11-5-7-15-13(9-11)16(19)12-8-10(17(20)21)4-6-14(12)22-15/h4,6,8,11H,5,7,9H2,1-3H3,(H,20,21). The van der Waals surface area contributed by atoms with Gasteiger partial charge < -0.3 is 9.52 Å². The first-order valence-corrected chi connectivity index (χ1v) is 7.59. The molecule has 3 rings (SSSR count). The molecule has 0 saturated heterocycles. The van der Waals surface area contributed by atoms with Crippen LogP contribution in [0.4, 0.5) is 0 Å². The average molecular weight is 300 g/mol. The van der Waals surface area contributed by atoms with Crippen molar-refractivity contribution in [1.29, 1.82) is 0 Å². The van der Waals surface area contributed by atoms with Crippen LogP contribution in [0.25, 0.3) is 11.0 Å². The molecular formula is C18H20O4. The molecule has 1 atom stereocenters. The number of fused-ring (bicyclic) bond motifs is 2. The maximum absolute atomic E-state index is 12.8. The first-order chi connectivity index (χ1) is 10.3. The van der Waals surface area contributed by atoms with Gasteiger partial charge in [0.05, 0.1) is 10.9 Å². The molecule has 1 unspecified atom stereocenters. The van der Waals surface area contributed by atoms with E-state index in [2.05, 4.69) is 20.8 Å². The molecular weight excluding hydrogens is 280 g/mol. The summed E-state index contributed by atoms with van der Waals surface area (Å²) in [5, 5.41) is 9.46. The molecule has 116 valence electrons. The summed E-state index contributed by atoms with van der Waals surface area (Å²) >= 11 is 0. The number of carboxylic acid groups (broad SMARTS) is 1. The molecule has 0 bridgehead atoms. The second kappa shape index (κ2) is 4.97. The predicted octanol–water partition coefficient (Wildman–Crippen LogP) is 3.64. The smallest absolute Gasteiger partial charge is 0.335 e. The lowest BCUT2D eigenvalue weighted by molar-refractivity contribution is 0.0697. The molecule has 1 heterocycles. The van der Waals surface area contributed by atoms with Crippen molar-refractivity contribution in [2.75, 3.05) is 0 Å².